The Balaban J connectivity index is 3.61. The summed E-state index contributed by atoms with van der Waals surface area (Å²) in [6.45, 7) is 6.21. The third-order valence-electron chi connectivity index (χ3n) is 5.94. The number of aliphatic hydroxyl groups is 1. The van der Waals surface area contributed by atoms with Gasteiger partial charge in [-0.05, 0) is 20.3 Å². The van der Waals surface area contributed by atoms with Crippen molar-refractivity contribution in [2.24, 2.45) is 0 Å². The Hall–Kier alpha value is -1.62. The van der Waals surface area contributed by atoms with E-state index in [1.165, 1.54) is 103 Å². The Morgan fingerprint density at radius 3 is 1.64 bits per heavy atom. The minimum atomic E-state index is -0.949. The number of aliphatic hydroxyl groups excluding tert-OH is 1. The Kier molecular flexibility index (Phi) is 22.4. The van der Waals surface area contributed by atoms with Gasteiger partial charge in [0.25, 0.3) is 0 Å². The molecule has 0 fully saturated rings. The molecule has 0 aliphatic rings. The van der Waals surface area contributed by atoms with E-state index in [0.29, 0.717) is 6.54 Å². The summed E-state index contributed by atoms with van der Waals surface area (Å²) in [5.74, 6) is -0.727. The van der Waals surface area contributed by atoms with Gasteiger partial charge in [0.05, 0.1) is 6.10 Å². The van der Waals surface area contributed by atoms with Gasteiger partial charge in [0.2, 0.25) is 11.8 Å². The maximum Gasteiger partial charge on any atom is 0.245 e. The van der Waals surface area contributed by atoms with Crippen LogP contribution >= 0.6 is 0 Å². The summed E-state index contributed by atoms with van der Waals surface area (Å²) < 4.78 is 0. The quantitative estimate of drug-likeness (QED) is 0.0990. The highest BCUT2D eigenvalue weighted by atomic mass is 16.3. The third kappa shape index (κ3) is 20.7. The number of amides is 2. The van der Waals surface area contributed by atoms with Crippen LogP contribution in [0.1, 0.15) is 124 Å². The van der Waals surface area contributed by atoms with E-state index in [9.17, 15) is 14.7 Å². The van der Waals surface area contributed by atoms with Crippen LogP contribution in [-0.2, 0) is 9.59 Å². The first-order chi connectivity index (χ1) is 16.0. The lowest BCUT2D eigenvalue weighted by atomic mass is 10.0. The lowest BCUT2D eigenvalue weighted by Crippen LogP contribution is -2.52. The minimum Gasteiger partial charge on any atom is -0.391 e. The van der Waals surface area contributed by atoms with Gasteiger partial charge in [-0.2, -0.15) is 0 Å². The molecule has 5 heteroatoms. The summed E-state index contributed by atoms with van der Waals surface area (Å²) in [5.41, 5.74) is 0. The van der Waals surface area contributed by atoms with Crippen molar-refractivity contribution in [2.75, 3.05) is 6.54 Å². The zero-order valence-corrected chi connectivity index (χ0v) is 21.7. The van der Waals surface area contributed by atoms with Gasteiger partial charge >= 0.3 is 0 Å². The molecule has 0 unspecified atom stereocenters. The van der Waals surface area contributed by atoms with Crippen molar-refractivity contribution in [1.82, 2.24) is 10.6 Å². The largest absolute Gasteiger partial charge is 0.391 e. The Labute approximate surface area is 203 Å². The second-order valence-corrected chi connectivity index (χ2v) is 9.21. The molecule has 3 N–H and O–H groups in total. The Bertz CT molecular complexity index is 529. The Morgan fingerprint density at radius 2 is 1.21 bits per heavy atom. The van der Waals surface area contributed by atoms with E-state index in [0.717, 1.165) is 12.8 Å². The SMILES string of the molecule is CC=CC=CC(=O)N[C@H](C(=O)NCCCCCCCCCCCCCCCCCC)[C@@H](C)O. The first-order valence-electron chi connectivity index (χ1n) is 13.6. The lowest BCUT2D eigenvalue weighted by molar-refractivity contribution is -0.129. The van der Waals surface area contributed by atoms with Crippen LogP contribution in [0.5, 0.6) is 0 Å². The van der Waals surface area contributed by atoms with E-state index in [1.807, 2.05) is 6.92 Å². The zero-order valence-electron chi connectivity index (χ0n) is 21.7. The van der Waals surface area contributed by atoms with Crippen molar-refractivity contribution >= 4 is 11.8 Å². The number of unbranched alkanes of at least 4 members (excludes halogenated alkanes) is 15. The number of carbonyl (C=O) groups excluding carboxylic acids is 2. The summed E-state index contributed by atoms with van der Waals surface area (Å²) in [5, 5.41) is 15.2. The summed E-state index contributed by atoms with van der Waals surface area (Å²) in [6, 6.07) is -0.936. The van der Waals surface area contributed by atoms with Gasteiger partial charge < -0.3 is 15.7 Å². The molecule has 0 radical (unpaired) electrons. The average Bonchev–Trinajstić information content (AvgIpc) is 2.79. The molecule has 0 aliphatic heterocycles. The molecule has 5 nitrogen and oxygen atoms in total. The van der Waals surface area contributed by atoms with Crippen LogP contribution in [0.25, 0.3) is 0 Å². The number of carbonyl (C=O) groups is 2. The number of nitrogens with one attached hydrogen (secondary N) is 2. The van der Waals surface area contributed by atoms with Gasteiger partial charge in [0.15, 0.2) is 0 Å². The van der Waals surface area contributed by atoms with E-state index in [2.05, 4.69) is 17.6 Å². The van der Waals surface area contributed by atoms with E-state index in [1.54, 1.807) is 18.2 Å². The molecule has 0 aromatic carbocycles. The molecule has 0 spiro atoms. The molecule has 0 heterocycles. The highest BCUT2D eigenvalue weighted by Crippen LogP contribution is 2.13. The first-order valence-corrected chi connectivity index (χ1v) is 13.6. The van der Waals surface area contributed by atoms with E-state index in [4.69, 9.17) is 0 Å². The number of rotatable bonds is 22. The van der Waals surface area contributed by atoms with Crippen molar-refractivity contribution in [2.45, 2.75) is 136 Å². The highest BCUT2D eigenvalue weighted by molar-refractivity contribution is 5.93. The van der Waals surface area contributed by atoms with Crippen LogP contribution in [0.4, 0.5) is 0 Å². The molecule has 0 aromatic rings. The fourth-order valence-corrected chi connectivity index (χ4v) is 3.86. The van der Waals surface area contributed by atoms with Crippen molar-refractivity contribution in [3.8, 4) is 0 Å². The smallest absolute Gasteiger partial charge is 0.245 e. The maximum absolute atomic E-state index is 12.3. The van der Waals surface area contributed by atoms with Gasteiger partial charge in [0, 0.05) is 12.6 Å². The lowest BCUT2D eigenvalue weighted by Gasteiger charge is -2.20. The molecular formula is C28H52N2O3. The standard InChI is InChI=1S/C28H52N2O3/c1-4-6-8-9-10-11-12-13-14-15-16-17-18-19-20-22-24-29-28(33)27(25(3)31)30-26(32)23-21-7-5-2/h5,7,21,23,25,27,31H,4,6,8-20,22,24H2,1-3H3,(H,29,33)(H,30,32)/t25-,27+/m1/s1. The topological polar surface area (TPSA) is 78.4 Å². The minimum absolute atomic E-state index is 0.334. The molecule has 0 saturated carbocycles. The van der Waals surface area contributed by atoms with Gasteiger partial charge in [-0.25, -0.2) is 0 Å². The van der Waals surface area contributed by atoms with E-state index in [-0.39, 0.29) is 5.91 Å². The van der Waals surface area contributed by atoms with Crippen LogP contribution in [0.2, 0.25) is 0 Å². The molecule has 2 amide bonds. The Morgan fingerprint density at radius 1 is 0.758 bits per heavy atom. The van der Waals surface area contributed by atoms with Crippen LogP contribution in [-0.4, -0.2) is 35.6 Å². The van der Waals surface area contributed by atoms with Gasteiger partial charge in [-0.3, -0.25) is 9.59 Å². The fraction of sp³-hybridized carbons (Fsp3) is 0.786. The van der Waals surface area contributed by atoms with Crippen LogP contribution in [0, 0.1) is 0 Å². The molecule has 0 saturated heterocycles. The number of allylic oxidation sites excluding steroid dienone is 3. The van der Waals surface area contributed by atoms with Gasteiger partial charge in [-0.15, -0.1) is 0 Å². The summed E-state index contributed by atoms with van der Waals surface area (Å²) in [4.78, 5) is 24.1. The first kappa shape index (κ1) is 31.4. The number of hydrogen-bond donors (Lipinski definition) is 3. The van der Waals surface area contributed by atoms with Crippen molar-refractivity contribution in [1.29, 1.82) is 0 Å². The number of hydrogen-bond acceptors (Lipinski definition) is 3. The van der Waals surface area contributed by atoms with Crippen LogP contribution < -0.4 is 10.6 Å². The van der Waals surface area contributed by atoms with Crippen molar-refractivity contribution in [3.05, 3.63) is 24.3 Å². The second kappa shape index (κ2) is 23.5. The average molecular weight is 465 g/mol. The predicted molar refractivity (Wildman–Crippen MR) is 140 cm³/mol. The fourth-order valence-electron chi connectivity index (χ4n) is 3.86. The summed E-state index contributed by atoms with van der Waals surface area (Å²) in [6.07, 6.45) is 26.6. The molecule has 33 heavy (non-hydrogen) atoms. The third-order valence-corrected chi connectivity index (χ3v) is 5.94. The molecule has 0 bridgehead atoms. The summed E-state index contributed by atoms with van der Waals surface area (Å²) >= 11 is 0. The van der Waals surface area contributed by atoms with Crippen molar-refractivity contribution < 1.29 is 14.7 Å². The molecule has 192 valence electrons. The summed E-state index contributed by atoms with van der Waals surface area (Å²) in [7, 11) is 0. The molecule has 0 aliphatic carbocycles. The monoisotopic (exact) mass is 464 g/mol. The maximum atomic E-state index is 12.3. The zero-order chi connectivity index (χ0) is 24.6. The normalized spacial score (nSPS) is 13.5. The van der Waals surface area contributed by atoms with E-state index >= 15 is 0 Å². The molecular weight excluding hydrogens is 412 g/mol. The molecule has 0 aromatic heterocycles. The van der Waals surface area contributed by atoms with Gasteiger partial charge in [0.1, 0.15) is 6.04 Å². The van der Waals surface area contributed by atoms with E-state index < -0.39 is 18.1 Å². The second-order valence-electron chi connectivity index (χ2n) is 9.21. The van der Waals surface area contributed by atoms with Crippen LogP contribution in [0.15, 0.2) is 24.3 Å². The van der Waals surface area contributed by atoms with Gasteiger partial charge in [-0.1, -0.05) is 121 Å². The predicted octanol–water partition coefficient (Wildman–Crippen LogP) is 6.36. The molecule has 0 rings (SSSR count). The van der Waals surface area contributed by atoms with Crippen molar-refractivity contribution in [3.63, 3.8) is 0 Å². The molecule has 2 atom stereocenters. The highest BCUT2D eigenvalue weighted by Gasteiger charge is 2.24. The van der Waals surface area contributed by atoms with Crippen LogP contribution in [0.3, 0.4) is 0 Å².